The average molecular weight is 469 g/mol. The van der Waals surface area contributed by atoms with Crippen molar-refractivity contribution in [1.29, 1.82) is 0 Å². The van der Waals surface area contributed by atoms with Gasteiger partial charge in [-0.1, -0.05) is 65.0 Å². The van der Waals surface area contributed by atoms with Crippen LogP contribution in [0.2, 0.25) is 0 Å². The minimum atomic E-state index is -0.603. The van der Waals surface area contributed by atoms with Gasteiger partial charge in [-0.25, -0.2) is 0 Å². The van der Waals surface area contributed by atoms with Gasteiger partial charge in [-0.15, -0.1) is 0 Å². The molecule has 0 bridgehead atoms. The van der Waals surface area contributed by atoms with Gasteiger partial charge >= 0.3 is 0 Å². The number of rotatable bonds is 11. The van der Waals surface area contributed by atoms with Gasteiger partial charge in [-0.3, -0.25) is 9.59 Å². The van der Waals surface area contributed by atoms with E-state index in [1.807, 2.05) is 69.3 Å². The first kappa shape index (κ1) is 27.2. The van der Waals surface area contributed by atoms with E-state index in [9.17, 15) is 9.59 Å². The third-order valence-electron chi connectivity index (χ3n) is 5.92. The van der Waals surface area contributed by atoms with Crippen molar-refractivity contribution in [3.05, 3.63) is 59.7 Å². The summed E-state index contributed by atoms with van der Waals surface area (Å²) in [6, 6.07) is 14.7. The van der Waals surface area contributed by atoms with Crippen LogP contribution in [0.4, 0.5) is 0 Å². The third-order valence-corrected chi connectivity index (χ3v) is 5.92. The molecule has 2 rings (SSSR count). The summed E-state index contributed by atoms with van der Waals surface area (Å²) in [5.74, 6) is 1.00. The number of benzene rings is 2. The van der Waals surface area contributed by atoms with Gasteiger partial charge in [0.15, 0.2) is 6.61 Å². The zero-order chi connectivity index (χ0) is 25.3. The number of carbonyl (C=O) groups is 2. The Morgan fingerprint density at radius 3 is 2.35 bits per heavy atom. The molecule has 1 N–H and O–H groups in total. The molecule has 6 heteroatoms. The zero-order valence-electron chi connectivity index (χ0n) is 21.7. The first-order valence-corrected chi connectivity index (χ1v) is 12.1. The number of carbonyl (C=O) groups excluding carboxylic acids is 2. The second-order valence-corrected chi connectivity index (χ2v) is 9.65. The number of methoxy groups -OCH3 is 1. The Morgan fingerprint density at radius 1 is 1.03 bits per heavy atom. The second-order valence-electron chi connectivity index (χ2n) is 9.65. The van der Waals surface area contributed by atoms with Crippen molar-refractivity contribution in [2.45, 2.75) is 78.4 Å². The molecular formula is C28H40N2O4. The van der Waals surface area contributed by atoms with E-state index in [4.69, 9.17) is 9.47 Å². The van der Waals surface area contributed by atoms with Gasteiger partial charge < -0.3 is 19.7 Å². The summed E-state index contributed by atoms with van der Waals surface area (Å²) in [5.41, 5.74) is 1.79. The Kier molecular flexibility index (Phi) is 9.97. The van der Waals surface area contributed by atoms with E-state index in [0.29, 0.717) is 17.9 Å². The minimum Gasteiger partial charge on any atom is -0.497 e. The summed E-state index contributed by atoms with van der Waals surface area (Å²) in [4.78, 5) is 28.2. The fraction of sp³-hybridized carbons (Fsp3) is 0.500. The van der Waals surface area contributed by atoms with E-state index >= 15 is 0 Å². The standard InChI is InChI=1S/C28H40N2O4/c1-8-20(3)29-27(32)24(9-2)30(18-21-13-12-14-22(17-21)33-7)26(31)19-34-25-16-11-10-15-23(25)28(4,5)6/h10-17,20,24H,8-9,18-19H2,1-7H3,(H,29,32)/t20-,24-/m1/s1. The molecule has 0 fully saturated rings. The maximum absolute atomic E-state index is 13.5. The Hall–Kier alpha value is -3.02. The molecule has 34 heavy (non-hydrogen) atoms. The molecule has 0 saturated carbocycles. The average Bonchev–Trinajstić information content (AvgIpc) is 2.81. The van der Waals surface area contributed by atoms with Crippen LogP contribution in [0.1, 0.15) is 65.5 Å². The van der Waals surface area contributed by atoms with Crippen LogP contribution in [0, 0.1) is 0 Å². The summed E-state index contributed by atoms with van der Waals surface area (Å²) in [7, 11) is 1.61. The highest BCUT2D eigenvalue weighted by Gasteiger charge is 2.30. The number of hydrogen-bond donors (Lipinski definition) is 1. The molecule has 0 aliphatic carbocycles. The Bertz CT molecular complexity index is 951. The lowest BCUT2D eigenvalue weighted by Gasteiger charge is -2.31. The van der Waals surface area contributed by atoms with Crippen LogP contribution in [0.25, 0.3) is 0 Å². The maximum atomic E-state index is 13.5. The van der Waals surface area contributed by atoms with Gasteiger partial charge in [0.2, 0.25) is 5.91 Å². The molecule has 0 radical (unpaired) electrons. The highest BCUT2D eigenvalue weighted by atomic mass is 16.5. The van der Waals surface area contributed by atoms with E-state index in [-0.39, 0.29) is 36.4 Å². The van der Waals surface area contributed by atoms with E-state index in [1.54, 1.807) is 12.0 Å². The molecule has 2 amide bonds. The molecule has 6 nitrogen and oxygen atoms in total. The Balaban J connectivity index is 2.30. The van der Waals surface area contributed by atoms with Gasteiger partial charge in [-0.2, -0.15) is 0 Å². The van der Waals surface area contributed by atoms with Gasteiger partial charge in [-0.05, 0) is 54.5 Å². The summed E-state index contributed by atoms with van der Waals surface area (Å²) in [6.07, 6.45) is 1.31. The van der Waals surface area contributed by atoms with Crippen LogP contribution < -0.4 is 14.8 Å². The molecule has 0 spiro atoms. The fourth-order valence-electron chi connectivity index (χ4n) is 3.76. The molecule has 2 atom stereocenters. The van der Waals surface area contributed by atoms with E-state index < -0.39 is 6.04 Å². The van der Waals surface area contributed by atoms with Crippen molar-refractivity contribution in [1.82, 2.24) is 10.2 Å². The van der Waals surface area contributed by atoms with Crippen LogP contribution >= 0.6 is 0 Å². The molecule has 0 aliphatic rings. The smallest absolute Gasteiger partial charge is 0.261 e. The van der Waals surface area contributed by atoms with Gasteiger partial charge in [0.25, 0.3) is 5.91 Å². The van der Waals surface area contributed by atoms with Crippen molar-refractivity contribution in [3.8, 4) is 11.5 Å². The van der Waals surface area contributed by atoms with Crippen molar-refractivity contribution >= 4 is 11.8 Å². The molecule has 0 saturated heterocycles. The lowest BCUT2D eigenvalue weighted by Crippen LogP contribution is -2.51. The minimum absolute atomic E-state index is 0.0326. The van der Waals surface area contributed by atoms with E-state index in [2.05, 4.69) is 26.1 Å². The lowest BCUT2D eigenvalue weighted by atomic mass is 9.86. The molecule has 0 heterocycles. The number of hydrogen-bond acceptors (Lipinski definition) is 4. The monoisotopic (exact) mass is 468 g/mol. The Labute approximate surface area is 204 Å². The predicted molar refractivity (Wildman–Crippen MR) is 136 cm³/mol. The van der Waals surface area contributed by atoms with Crippen LogP contribution in [-0.4, -0.2) is 42.5 Å². The normalized spacial score (nSPS) is 13.0. The van der Waals surface area contributed by atoms with Gasteiger partial charge in [0.05, 0.1) is 7.11 Å². The van der Waals surface area contributed by atoms with Crippen molar-refractivity contribution in [3.63, 3.8) is 0 Å². The molecule has 2 aromatic carbocycles. The van der Waals surface area contributed by atoms with Crippen molar-refractivity contribution in [2.75, 3.05) is 13.7 Å². The Morgan fingerprint density at radius 2 is 1.74 bits per heavy atom. The van der Waals surface area contributed by atoms with Crippen molar-refractivity contribution < 1.29 is 19.1 Å². The van der Waals surface area contributed by atoms with Crippen LogP contribution in [-0.2, 0) is 21.5 Å². The highest BCUT2D eigenvalue weighted by Crippen LogP contribution is 2.31. The fourth-order valence-corrected chi connectivity index (χ4v) is 3.76. The SMILES string of the molecule is CC[C@@H](C)NC(=O)[C@@H](CC)N(Cc1cccc(OC)c1)C(=O)COc1ccccc1C(C)(C)C. The number of para-hydroxylation sites is 1. The van der Waals surface area contributed by atoms with Crippen LogP contribution in [0.3, 0.4) is 0 Å². The van der Waals surface area contributed by atoms with E-state index in [1.165, 1.54) is 0 Å². The summed E-state index contributed by atoms with van der Waals surface area (Å²) < 4.78 is 11.4. The first-order chi connectivity index (χ1) is 16.1. The second kappa shape index (κ2) is 12.4. The molecule has 0 aliphatic heterocycles. The van der Waals surface area contributed by atoms with E-state index in [0.717, 1.165) is 17.5 Å². The number of nitrogens with one attached hydrogen (secondary N) is 1. The number of nitrogens with zero attached hydrogens (tertiary/aromatic N) is 1. The van der Waals surface area contributed by atoms with Gasteiger partial charge in [0, 0.05) is 12.6 Å². The molecule has 0 unspecified atom stereocenters. The zero-order valence-corrected chi connectivity index (χ0v) is 21.7. The number of amides is 2. The molecule has 0 aromatic heterocycles. The van der Waals surface area contributed by atoms with Crippen LogP contribution in [0.15, 0.2) is 48.5 Å². The van der Waals surface area contributed by atoms with Gasteiger partial charge in [0.1, 0.15) is 17.5 Å². The molecular weight excluding hydrogens is 428 g/mol. The summed E-state index contributed by atoms with van der Waals surface area (Å²) in [5, 5.41) is 3.03. The largest absolute Gasteiger partial charge is 0.497 e. The molecule has 186 valence electrons. The first-order valence-electron chi connectivity index (χ1n) is 12.1. The number of ether oxygens (including phenoxy) is 2. The molecule has 2 aromatic rings. The predicted octanol–water partition coefficient (Wildman–Crippen LogP) is 5.09. The highest BCUT2D eigenvalue weighted by molar-refractivity contribution is 5.88. The summed E-state index contributed by atoms with van der Waals surface area (Å²) >= 11 is 0. The third kappa shape index (κ3) is 7.51. The topological polar surface area (TPSA) is 67.9 Å². The summed E-state index contributed by atoms with van der Waals surface area (Å²) in [6.45, 7) is 12.4. The maximum Gasteiger partial charge on any atom is 0.261 e. The van der Waals surface area contributed by atoms with Crippen LogP contribution in [0.5, 0.6) is 11.5 Å². The van der Waals surface area contributed by atoms with Crippen molar-refractivity contribution in [2.24, 2.45) is 0 Å². The quantitative estimate of drug-likeness (QED) is 0.499. The lowest BCUT2D eigenvalue weighted by molar-refractivity contribution is -0.143.